The van der Waals surface area contributed by atoms with Gasteiger partial charge in [0, 0.05) is 36.1 Å². The van der Waals surface area contributed by atoms with Gasteiger partial charge in [-0.15, -0.1) is 0 Å². The van der Waals surface area contributed by atoms with Crippen LogP contribution >= 0.6 is 0 Å². The molecular weight excluding hydrogens is 398 g/mol. The summed E-state index contributed by atoms with van der Waals surface area (Å²) < 4.78 is 1.70. The zero-order valence-electron chi connectivity index (χ0n) is 18.1. The first-order valence-corrected chi connectivity index (χ1v) is 10.6. The van der Waals surface area contributed by atoms with Crippen molar-refractivity contribution < 1.29 is 4.79 Å². The van der Waals surface area contributed by atoms with E-state index in [1.165, 1.54) is 11.1 Å². The highest BCUT2D eigenvalue weighted by atomic mass is 16.1. The van der Waals surface area contributed by atoms with Crippen LogP contribution in [0.25, 0.3) is 5.65 Å². The molecule has 5 rings (SSSR count). The van der Waals surface area contributed by atoms with Gasteiger partial charge in [0.1, 0.15) is 5.69 Å². The number of aryl methyl sites for hydroxylation is 1. The normalized spacial score (nSPS) is 13.3. The topological polar surface area (TPSA) is 62.5 Å². The van der Waals surface area contributed by atoms with E-state index in [-0.39, 0.29) is 5.91 Å². The highest BCUT2D eigenvalue weighted by molar-refractivity contribution is 6.04. The SMILES string of the molecule is Cc1ccc(C(=O)Nc2ccc3c(c2)CN(C)CC3)cc1C#Cc1cnc2cccnn12. The molecule has 0 saturated heterocycles. The monoisotopic (exact) mass is 421 g/mol. The molecule has 0 spiro atoms. The minimum atomic E-state index is -0.145. The van der Waals surface area contributed by atoms with Gasteiger partial charge in [-0.2, -0.15) is 5.10 Å². The Morgan fingerprint density at radius 1 is 1.09 bits per heavy atom. The Hall–Kier alpha value is -3.95. The fourth-order valence-corrected chi connectivity index (χ4v) is 3.92. The number of carbonyl (C=O) groups excluding carboxylic acids is 1. The maximum Gasteiger partial charge on any atom is 0.255 e. The van der Waals surface area contributed by atoms with E-state index < -0.39 is 0 Å². The van der Waals surface area contributed by atoms with Crippen molar-refractivity contribution in [3.8, 4) is 11.8 Å². The van der Waals surface area contributed by atoms with Gasteiger partial charge in [-0.25, -0.2) is 9.50 Å². The molecule has 0 radical (unpaired) electrons. The zero-order valence-corrected chi connectivity index (χ0v) is 18.1. The third-order valence-electron chi connectivity index (χ3n) is 5.77. The van der Waals surface area contributed by atoms with E-state index in [1.54, 1.807) is 16.9 Å². The molecule has 0 saturated carbocycles. The number of carbonyl (C=O) groups is 1. The van der Waals surface area contributed by atoms with Crippen molar-refractivity contribution in [1.82, 2.24) is 19.5 Å². The molecule has 2 aromatic heterocycles. The molecule has 0 atom stereocenters. The Kier molecular flexibility index (Phi) is 5.18. The van der Waals surface area contributed by atoms with E-state index >= 15 is 0 Å². The van der Waals surface area contributed by atoms with Crippen LogP contribution in [0.15, 0.2) is 60.9 Å². The van der Waals surface area contributed by atoms with E-state index in [4.69, 9.17) is 0 Å². The van der Waals surface area contributed by atoms with E-state index in [0.29, 0.717) is 11.3 Å². The number of aromatic nitrogens is 3. The Labute approximate surface area is 186 Å². The molecule has 1 aliphatic rings. The quantitative estimate of drug-likeness (QED) is 0.502. The third kappa shape index (κ3) is 3.98. The van der Waals surface area contributed by atoms with E-state index in [0.717, 1.165) is 42.0 Å². The molecule has 4 aromatic rings. The Morgan fingerprint density at radius 3 is 2.91 bits per heavy atom. The number of nitrogens with one attached hydrogen (secondary N) is 1. The molecule has 6 heteroatoms. The summed E-state index contributed by atoms with van der Waals surface area (Å²) in [6, 6.07) is 15.5. The lowest BCUT2D eigenvalue weighted by molar-refractivity contribution is 0.102. The van der Waals surface area contributed by atoms with Gasteiger partial charge < -0.3 is 10.2 Å². The number of nitrogens with zero attached hydrogens (tertiary/aromatic N) is 4. The molecule has 0 bridgehead atoms. The van der Waals surface area contributed by atoms with Crippen molar-refractivity contribution in [2.24, 2.45) is 0 Å². The second-order valence-electron chi connectivity index (χ2n) is 8.14. The van der Waals surface area contributed by atoms with Crippen molar-refractivity contribution in [3.63, 3.8) is 0 Å². The molecule has 0 unspecified atom stereocenters. The minimum Gasteiger partial charge on any atom is -0.322 e. The molecule has 158 valence electrons. The fourth-order valence-electron chi connectivity index (χ4n) is 3.92. The van der Waals surface area contributed by atoms with E-state index in [1.807, 2.05) is 43.3 Å². The van der Waals surface area contributed by atoms with Crippen LogP contribution in [0.1, 0.15) is 38.3 Å². The van der Waals surface area contributed by atoms with E-state index in [2.05, 4.69) is 51.3 Å². The molecule has 1 amide bonds. The maximum absolute atomic E-state index is 12.9. The molecule has 2 aromatic carbocycles. The summed E-state index contributed by atoms with van der Waals surface area (Å²) in [6.45, 7) is 3.96. The van der Waals surface area contributed by atoms with Crippen molar-refractivity contribution in [3.05, 3.63) is 94.4 Å². The standard InChI is InChI=1S/C26H23N5O/c1-18-5-6-21(14-20(18)8-10-24-16-27-25-4-3-12-28-31(24)25)26(32)29-23-9-7-19-11-13-30(2)17-22(19)15-23/h3-7,9,12,14-16H,11,13,17H2,1-2H3,(H,29,32). The van der Waals surface area contributed by atoms with Gasteiger partial charge in [-0.1, -0.05) is 18.1 Å². The van der Waals surface area contributed by atoms with Crippen molar-refractivity contribution in [2.75, 3.05) is 18.9 Å². The number of rotatable bonds is 2. The number of imidazole rings is 1. The highest BCUT2D eigenvalue weighted by Gasteiger charge is 2.15. The molecule has 1 aliphatic heterocycles. The lowest BCUT2D eigenvalue weighted by atomic mass is 9.99. The summed E-state index contributed by atoms with van der Waals surface area (Å²) >= 11 is 0. The number of hydrogen-bond acceptors (Lipinski definition) is 4. The Bertz CT molecular complexity index is 1390. The Morgan fingerprint density at radius 2 is 2.00 bits per heavy atom. The minimum absolute atomic E-state index is 0.145. The van der Waals surface area contributed by atoms with Crippen LogP contribution in [-0.4, -0.2) is 39.0 Å². The zero-order chi connectivity index (χ0) is 22.1. The first-order valence-electron chi connectivity index (χ1n) is 10.6. The molecule has 3 heterocycles. The van der Waals surface area contributed by atoms with E-state index in [9.17, 15) is 4.79 Å². The van der Waals surface area contributed by atoms with Gasteiger partial charge in [-0.3, -0.25) is 4.79 Å². The Balaban J connectivity index is 1.38. The van der Waals surface area contributed by atoms with Crippen LogP contribution in [0, 0.1) is 18.8 Å². The van der Waals surface area contributed by atoms with Gasteiger partial charge in [0.2, 0.25) is 0 Å². The van der Waals surface area contributed by atoms with Crippen LogP contribution in [0.5, 0.6) is 0 Å². The number of anilines is 1. The fraction of sp³-hybridized carbons (Fsp3) is 0.192. The van der Waals surface area contributed by atoms with Crippen LogP contribution in [0.2, 0.25) is 0 Å². The molecule has 0 fully saturated rings. The average molecular weight is 422 g/mol. The first kappa shape index (κ1) is 20.0. The second-order valence-corrected chi connectivity index (χ2v) is 8.14. The molecule has 32 heavy (non-hydrogen) atoms. The predicted octanol–water partition coefficient (Wildman–Crippen LogP) is 3.68. The number of amides is 1. The summed E-state index contributed by atoms with van der Waals surface area (Å²) in [4.78, 5) is 19.5. The maximum atomic E-state index is 12.9. The van der Waals surface area contributed by atoms with Crippen molar-refractivity contribution in [2.45, 2.75) is 19.9 Å². The van der Waals surface area contributed by atoms with Gasteiger partial charge in [0.25, 0.3) is 5.91 Å². The lowest BCUT2D eigenvalue weighted by Gasteiger charge is -2.25. The summed E-state index contributed by atoms with van der Waals surface area (Å²) in [5.41, 5.74) is 7.28. The average Bonchev–Trinajstić information content (AvgIpc) is 3.21. The van der Waals surface area contributed by atoms with Gasteiger partial charge in [0.05, 0.1) is 6.20 Å². The first-order chi connectivity index (χ1) is 15.6. The van der Waals surface area contributed by atoms with Gasteiger partial charge >= 0.3 is 0 Å². The largest absolute Gasteiger partial charge is 0.322 e. The van der Waals surface area contributed by atoms with Crippen LogP contribution in [-0.2, 0) is 13.0 Å². The number of benzene rings is 2. The van der Waals surface area contributed by atoms with Crippen molar-refractivity contribution >= 4 is 17.2 Å². The summed E-state index contributed by atoms with van der Waals surface area (Å²) in [6.07, 6.45) is 4.45. The summed E-state index contributed by atoms with van der Waals surface area (Å²) in [7, 11) is 2.12. The molecule has 0 aliphatic carbocycles. The smallest absolute Gasteiger partial charge is 0.255 e. The van der Waals surface area contributed by atoms with Gasteiger partial charge in [0.15, 0.2) is 5.65 Å². The second kappa shape index (κ2) is 8.29. The molecular formula is C26H23N5O. The van der Waals surface area contributed by atoms with Crippen LogP contribution < -0.4 is 5.32 Å². The highest BCUT2D eigenvalue weighted by Crippen LogP contribution is 2.22. The van der Waals surface area contributed by atoms with Crippen LogP contribution in [0.3, 0.4) is 0 Å². The summed E-state index contributed by atoms with van der Waals surface area (Å²) in [5, 5.41) is 7.32. The molecule has 6 nitrogen and oxygen atoms in total. The van der Waals surface area contributed by atoms with Crippen LogP contribution in [0.4, 0.5) is 5.69 Å². The third-order valence-corrected chi connectivity index (χ3v) is 5.77. The number of hydrogen-bond donors (Lipinski definition) is 1. The molecule has 1 N–H and O–H groups in total. The lowest BCUT2D eigenvalue weighted by Crippen LogP contribution is -2.26. The van der Waals surface area contributed by atoms with Gasteiger partial charge in [-0.05, 0) is 79.4 Å². The number of likely N-dealkylation sites (N-methyl/N-ethyl adjacent to an activating group) is 1. The predicted molar refractivity (Wildman–Crippen MR) is 125 cm³/mol. The summed E-state index contributed by atoms with van der Waals surface area (Å²) in [5.74, 6) is 6.16. The number of fused-ring (bicyclic) bond motifs is 2. The van der Waals surface area contributed by atoms with Crippen molar-refractivity contribution in [1.29, 1.82) is 0 Å².